The Hall–Kier alpha value is -0.430. The molecule has 70 valence electrons. The highest BCUT2D eigenvalue weighted by molar-refractivity contribution is 7.87. The topological polar surface area (TPSA) is 81.4 Å². The molecule has 12 heavy (non-hydrogen) atoms. The Balaban J connectivity index is 2.36. The van der Waals surface area contributed by atoms with Crippen molar-refractivity contribution >= 4 is 10.2 Å². The minimum absolute atomic E-state index is 0.294. The van der Waals surface area contributed by atoms with Gasteiger partial charge in [-0.25, -0.2) is 5.14 Å². The molecule has 5 nitrogen and oxygen atoms in total. The minimum atomic E-state index is -3.56. The normalized spacial score (nSPS) is 18.9. The van der Waals surface area contributed by atoms with Crippen molar-refractivity contribution in [1.82, 2.24) is 4.72 Å². The third-order valence-electron chi connectivity index (χ3n) is 1.56. The fourth-order valence-electron chi connectivity index (χ4n) is 0.919. The quantitative estimate of drug-likeness (QED) is 0.570. The summed E-state index contributed by atoms with van der Waals surface area (Å²) in [6.07, 6.45) is 2.63. The molecule has 0 saturated heterocycles. The van der Waals surface area contributed by atoms with Crippen molar-refractivity contribution in [2.75, 3.05) is 19.8 Å². The molecule has 0 unspecified atom stereocenters. The van der Waals surface area contributed by atoms with E-state index >= 15 is 0 Å². The van der Waals surface area contributed by atoms with Gasteiger partial charge in [0.15, 0.2) is 0 Å². The molecule has 0 fully saturated rings. The fourth-order valence-corrected chi connectivity index (χ4v) is 1.31. The average Bonchev–Trinajstić information content (AvgIpc) is 2.02. The van der Waals surface area contributed by atoms with Gasteiger partial charge in [0.2, 0.25) is 0 Å². The van der Waals surface area contributed by atoms with Gasteiger partial charge in [0, 0.05) is 6.54 Å². The lowest BCUT2D eigenvalue weighted by molar-refractivity contribution is 0.154. The van der Waals surface area contributed by atoms with Crippen LogP contribution in [0.15, 0.2) is 11.6 Å². The average molecular weight is 192 g/mol. The summed E-state index contributed by atoms with van der Waals surface area (Å²) >= 11 is 0. The molecule has 0 amide bonds. The largest absolute Gasteiger partial charge is 0.377 e. The Morgan fingerprint density at radius 3 is 2.92 bits per heavy atom. The second-order valence-corrected chi connectivity index (χ2v) is 3.93. The van der Waals surface area contributed by atoms with E-state index in [1.807, 2.05) is 6.08 Å². The zero-order valence-corrected chi connectivity index (χ0v) is 7.43. The highest BCUT2D eigenvalue weighted by Crippen LogP contribution is 2.05. The molecular formula is C6H12N2O3S. The molecule has 3 N–H and O–H groups in total. The maximum absolute atomic E-state index is 10.5. The van der Waals surface area contributed by atoms with E-state index in [9.17, 15) is 8.42 Å². The van der Waals surface area contributed by atoms with Crippen LogP contribution in [0.5, 0.6) is 0 Å². The summed E-state index contributed by atoms with van der Waals surface area (Å²) in [5.41, 5.74) is 1.02. The minimum Gasteiger partial charge on any atom is -0.377 e. The third kappa shape index (κ3) is 3.82. The predicted octanol–water partition coefficient (Wildman–Crippen LogP) is -0.874. The molecule has 0 aliphatic carbocycles. The van der Waals surface area contributed by atoms with Crippen molar-refractivity contribution < 1.29 is 13.2 Å². The maximum atomic E-state index is 10.5. The van der Waals surface area contributed by atoms with Crippen LogP contribution < -0.4 is 9.86 Å². The van der Waals surface area contributed by atoms with Crippen molar-refractivity contribution in [3.63, 3.8) is 0 Å². The highest BCUT2D eigenvalue weighted by atomic mass is 32.2. The first-order valence-electron chi connectivity index (χ1n) is 3.61. The number of ether oxygens (including phenoxy) is 1. The summed E-state index contributed by atoms with van der Waals surface area (Å²) in [4.78, 5) is 0. The number of hydrogen-bond acceptors (Lipinski definition) is 3. The zero-order valence-electron chi connectivity index (χ0n) is 6.62. The van der Waals surface area contributed by atoms with Gasteiger partial charge in [-0.05, 0) is 6.42 Å². The first-order valence-corrected chi connectivity index (χ1v) is 5.15. The van der Waals surface area contributed by atoms with Crippen LogP contribution in [0.25, 0.3) is 0 Å². The Labute approximate surface area is 71.8 Å². The van der Waals surface area contributed by atoms with Gasteiger partial charge < -0.3 is 4.74 Å². The Kier molecular flexibility index (Phi) is 3.21. The molecule has 0 aromatic heterocycles. The van der Waals surface area contributed by atoms with E-state index in [0.717, 1.165) is 12.0 Å². The second-order valence-electron chi connectivity index (χ2n) is 2.55. The van der Waals surface area contributed by atoms with Crippen LogP contribution in [-0.4, -0.2) is 28.2 Å². The third-order valence-corrected chi connectivity index (χ3v) is 2.10. The molecule has 0 bridgehead atoms. The molecule has 1 heterocycles. The number of rotatable bonds is 3. The SMILES string of the molecule is NS(=O)(=O)NCC1=CCOCC1. The molecule has 0 aromatic rings. The van der Waals surface area contributed by atoms with E-state index in [4.69, 9.17) is 9.88 Å². The zero-order chi connectivity index (χ0) is 9.03. The van der Waals surface area contributed by atoms with Gasteiger partial charge in [-0.3, -0.25) is 0 Å². The lowest BCUT2D eigenvalue weighted by atomic mass is 10.1. The van der Waals surface area contributed by atoms with Crippen molar-refractivity contribution in [3.05, 3.63) is 11.6 Å². The summed E-state index contributed by atoms with van der Waals surface area (Å²) in [6, 6.07) is 0. The Bertz CT molecular complexity index is 271. The van der Waals surface area contributed by atoms with E-state index in [0.29, 0.717) is 19.8 Å². The van der Waals surface area contributed by atoms with Gasteiger partial charge in [-0.2, -0.15) is 13.1 Å². The Morgan fingerprint density at radius 2 is 2.42 bits per heavy atom. The monoisotopic (exact) mass is 192 g/mol. The molecule has 0 aromatic carbocycles. The number of nitrogens with one attached hydrogen (secondary N) is 1. The molecule has 1 aliphatic rings. The van der Waals surface area contributed by atoms with Crippen LogP contribution in [0.4, 0.5) is 0 Å². The van der Waals surface area contributed by atoms with Gasteiger partial charge in [0.1, 0.15) is 0 Å². The smallest absolute Gasteiger partial charge is 0.274 e. The van der Waals surface area contributed by atoms with Gasteiger partial charge in [-0.1, -0.05) is 11.6 Å². The van der Waals surface area contributed by atoms with Gasteiger partial charge in [-0.15, -0.1) is 0 Å². The lowest BCUT2D eigenvalue weighted by Crippen LogP contribution is -2.32. The van der Waals surface area contributed by atoms with Crippen LogP contribution in [0.1, 0.15) is 6.42 Å². The van der Waals surface area contributed by atoms with E-state index < -0.39 is 10.2 Å². The summed E-state index contributed by atoms with van der Waals surface area (Å²) in [7, 11) is -3.56. The first kappa shape index (κ1) is 9.66. The van der Waals surface area contributed by atoms with Gasteiger partial charge in [0.05, 0.1) is 13.2 Å². The van der Waals surface area contributed by atoms with Gasteiger partial charge >= 0.3 is 0 Å². The molecule has 6 heteroatoms. The van der Waals surface area contributed by atoms with Crippen molar-refractivity contribution in [1.29, 1.82) is 0 Å². The van der Waals surface area contributed by atoms with Crippen LogP contribution in [0.3, 0.4) is 0 Å². The van der Waals surface area contributed by atoms with Crippen molar-refractivity contribution in [2.45, 2.75) is 6.42 Å². The molecule has 0 spiro atoms. The Morgan fingerprint density at radius 1 is 1.67 bits per heavy atom. The van der Waals surface area contributed by atoms with Gasteiger partial charge in [0.25, 0.3) is 10.2 Å². The highest BCUT2D eigenvalue weighted by Gasteiger charge is 2.06. The van der Waals surface area contributed by atoms with Crippen LogP contribution in [0, 0.1) is 0 Å². The molecule has 0 saturated carbocycles. The number of nitrogens with two attached hydrogens (primary N) is 1. The summed E-state index contributed by atoms with van der Waals surface area (Å²) in [5, 5.41) is 4.76. The van der Waals surface area contributed by atoms with Crippen LogP contribution in [0.2, 0.25) is 0 Å². The van der Waals surface area contributed by atoms with Crippen LogP contribution >= 0.6 is 0 Å². The predicted molar refractivity (Wildman–Crippen MR) is 44.6 cm³/mol. The second kappa shape index (κ2) is 3.99. The molecule has 1 rings (SSSR count). The van der Waals surface area contributed by atoms with Crippen molar-refractivity contribution in [2.24, 2.45) is 5.14 Å². The van der Waals surface area contributed by atoms with E-state index in [-0.39, 0.29) is 0 Å². The van der Waals surface area contributed by atoms with Crippen LogP contribution in [-0.2, 0) is 14.9 Å². The summed E-state index contributed by atoms with van der Waals surface area (Å²) in [6.45, 7) is 1.50. The molecule has 0 radical (unpaired) electrons. The standard InChI is InChI=1S/C6H12N2O3S/c7-12(9,10)8-5-6-1-3-11-4-2-6/h1,8H,2-5H2,(H2,7,9,10). The molecular weight excluding hydrogens is 180 g/mol. The first-order chi connectivity index (χ1) is 5.58. The maximum Gasteiger partial charge on any atom is 0.274 e. The van der Waals surface area contributed by atoms with E-state index in [1.54, 1.807) is 0 Å². The lowest BCUT2D eigenvalue weighted by Gasteiger charge is -2.12. The summed E-state index contributed by atoms with van der Waals surface area (Å²) in [5.74, 6) is 0. The van der Waals surface area contributed by atoms with E-state index in [1.165, 1.54) is 0 Å². The molecule has 0 atom stereocenters. The number of hydrogen-bond donors (Lipinski definition) is 2. The summed E-state index contributed by atoms with van der Waals surface area (Å²) < 4.78 is 28.2. The van der Waals surface area contributed by atoms with Crippen molar-refractivity contribution in [3.8, 4) is 0 Å². The molecule has 1 aliphatic heterocycles. The fraction of sp³-hybridized carbons (Fsp3) is 0.667. The van der Waals surface area contributed by atoms with E-state index in [2.05, 4.69) is 4.72 Å².